The maximum absolute atomic E-state index is 11.9. The monoisotopic (exact) mass is 236 g/mol. The molecule has 0 saturated carbocycles. The number of rotatable bonds is 0. The summed E-state index contributed by atoms with van der Waals surface area (Å²) < 4.78 is 10.5. The molecule has 0 radical (unpaired) electrons. The summed E-state index contributed by atoms with van der Waals surface area (Å²) in [5.74, 6) is 0. The fraction of sp³-hybridized carbons (Fsp3) is 0.636. The lowest BCUT2D eigenvalue weighted by Gasteiger charge is -2.29. The van der Waals surface area contributed by atoms with E-state index >= 15 is 0 Å². The van der Waals surface area contributed by atoms with Crippen LogP contribution in [-0.2, 0) is 17.7 Å². The Morgan fingerprint density at radius 3 is 2.88 bits per heavy atom. The molecular weight excluding hydrogens is 219 g/mol. The average molecular weight is 236 g/mol. The molecule has 1 aliphatic rings. The lowest BCUT2D eigenvalue weighted by atomic mass is 9.96. The molecule has 1 aromatic rings. The van der Waals surface area contributed by atoms with E-state index in [0.717, 1.165) is 23.3 Å². The van der Waals surface area contributed by atoms with Crippen LogP contribution in [0.25, 0.3) is 0 Å². The van der Waals surface area contributed by atoms with Crippen LogP contribution in [0, 0.1) is 0 Å². The van der Waals surface area contributed by atoms with E-state index in [9.17, 15) is 4.79 Å². The van der Waals surface area contributed by atoms with Gasteiger partial charge in [0.1, 0.15) is 5.60 Å². The number of fused-ring (bicyclic) bond motifs is 1. The minimum Gasteiger partial charge on any atom is -0.444 e. The summed E-state index contributed by atoms with van der Waals surface area (Å²) in [6.45, 7) is 6.76. The third kappa shape index (κ3) is 2.62. The Kier molecular flexibility index (Phi) is 2.89. The van der Waals surface area contributed by atoms with Crippen molar-refractivity contribution in [3.63, 3.8) is 0 Å². The zero-order valence-corrected chi connectivity index (χ0v) is 10.7. The van der Waals surface area contributed by atoms with Crippen molar-refractivity contribution in [3.8, 4) is 0 Å². The molecule has 6 heteroatoms. The number of carbonyl (C=O) groups is 1. The van der Waals surface area contributed by atoms with Gasteiger partial charge in [0.15, 0.2) is 7.85 Å². The van der Waals surface area contributed by atoms with Gasteiger partial charge in [0.2, 0.25) is 0 Å². The highest BCUT2D eigenvalue weighted by molar-refractivity contribution is 6.30. The van der Waals surface area contributed by atoms with Crippen LogP contribution in [0.5, 0.6) is 0 Å². The minimum atomic E-state index is -0.457. The van der Waals surface area contributed by atoms with Crippen LogP contribution in [-0.4, -0.2) is 36.1 Å². The Morgan fingerprint density at radius 2 is 2.24 bits per heavy atom. The lowest BCUT2D eigenvalue weighted by Crippen LogP contribution is -2.40. The van der Waals surface area contributed by atoms with Crippen LogP contribution in [0.15, 0.2) is 4.52 Å². The SMILES string of the molecule is Bc1onc2c1CN(C(=O)OC(C)(C)C)CC2. The quantitative estimate of drug-likeness (QED) is 0.605. The molecule has 0 saturated heterocycles. The first kappa shape index (κ1) is 12.0. The van der Waals surface area contributed by atoms with E-state index in [2.05, 4.69) is 5.16 Å². The van der Waals surface area contributed by atoms with Crippen LogP contribution < -0.4 is 5.66 Å². The van der Waals surface area contributed by atoms with E-state index in [4.69, 9.17) is 9.26 Å². The second kappa shape index (κ2) is 4.09. The Labute approximate surface area is 101 Å². The van der Waals surface area contributed by atoms with Gasteiger partial charge in [0.25, 0.3) is 0 Å². The second-order valence-electron chi connectivity index (χ2n) is 5.32. The second-order valence-corrected chi connectivity index (χ2v) is 5.32. The van der Waals surface area contributed by atoms with Gasteiger partial charge in [-0.25, -0.2) is 4.79 Å². The molecule has 92 valence electrons. The Balaban J connectivity index is 2.07. The summed E-state index contributed by atoms with van der Waals surface area (Å²) in [4.78, 5) is 13.6. The van der Waals surface area contributed by atoms with Gasteiger partial charge in [0, 0.05) is 18.5 Å². The predicted molar refractivity (Wildman–Crippen MR) is 65.0 cm³/mol. The molecular formula is C11H17BN2O3. The third-order valence-electron chi connectivity index (χ3n) is 2.69. The molecule has 0 aliphatic carbocycles. The van der Waals surface area contributed by atoms with Crippen LogP contribution in [0.3, 0.4) is 0 Å². The van der Waals surface area contributed by atoms with Crippen molar-refractivity contribution in [3.05, 3.63) is 11.3 Å². The van der Waals surface area contributed by atoms with Gasteiger partial charge in [0.05, 0.1) is 17.9 Å². The van der Waals surface area contributed by atoms with Crippen molar-refractivity contribution in [2.75, 3.05) is 6.54 Å². The maximum Gasteiger partial charge on any atom is 0.410 e. The molecule has 0 bridgehead atoms. The smallest absolute Gasteiger partial charge is 0.410 e. The number of aromatic nitrogens is 1. The van der Waals surface area contributed by atoms with Gasteiger partial charge in [-0.1, -0.05) is 5.16 Å². The Morgan fingerprint density at radius 1 is 1.53 bits per heavy atom. The van der Waals surface area contributed by atoms with Gasteiger partial charge < -0.3 is 14.2 Å². The molecule has 17 heavy (non-hydrogen) atoms. The van der Waals surface area contributed by atoms with E-state index in [1.54, 1.807) is 4.90 Å². The topological polar surface area (TPSA) is 55.6 Å². The van der Waals surface area contributed by atoms with Crippen molar-refractivity contribution in [1.82, 2.24) is 10.1 Å². The summed E-state index contributed by atoms with van der Waals surface area (Å²) >= 11 is 0. The first-order valence-corrected chi connectivity index (χ1v) is 5.79. The zero-order chi connectivity index (χ0) is 12.6. The summed E-state index contributed by atoms with van der Waals surface area (Å²) in [6, 6.07) is 0. The molecule has 0 N–H and O–H groups in total. The number of hydrogen-bond acceptors (Lipinski definition) is 4. The van der Waals surface area contributed by atoms with Gasteiger partial charge >= 0.3 is 6.09 Å². The minimum absolute atomic E-state index is 0.274. The lowest BCUT2D eigenvalue weighted by molar-refractivity contribution is 0.0224. The first-order chi connectivity index (χ1) is 7.87. The van der Waals surface area contributed by atoms with Crippen LogP contribution in [0.4, 0.5) is 4.79 Å². The maximum atomic E-state index is 11.9. The first-order valence-electron chi connectivity index (χ1n) is 5.79. The number of ether oxygens (including phenoxy) is 1. The third-order valence-corrected chi connectivity index (χ3v) is 2.69. The van der Waals surface area contributed by atoms with E-state index in [1.807, 2.05) is 28.6 Å². The highest BCUT2D eigenvalue weighted by Crippen LogP contribution is 2.18. The molecule has 2 heterocycles. The van der Waals surface area contributed by atoms with Crippen molar-refractivity contribution in [2.45, 2.75) is 39.3 Å². The normalized spacial score (nSPS) is 15.6. The van der Waals surface area contributed by atoms with Crippen LogP contribution in [0.2, 0.25) is 0 Å². The Bertz CT molecular complexity index is 436. The molecule has 0 atom stereocenters. The number of hydrogen-bond donors (Lipinski definition) is 0. The summed E-state index contributed by atoms with van der Waals surface area (Å²) in [6.07, 6.45) is 0.454. The Hall–Kier alpha value is -1.46. The van der Waals surface area contributed by atoms with Crippen molar-refractivity contribution >= 4 is 19.6 Å². The fourth-order valence-corrected chi connectivity index (χ4v) is 1.83. The summed E-state index contributed by atoms with van der Waals surface area (Å²) in [5.41, 5.74) is 2.30. The van der Waals surface area contributed by atoms with E-state index < -0.39 is 5.60 Å². The molecule has 1 aliphatic heterocycles. The van der Waals surface area contributed by atoms with Crippen LogP contribution >= 0.6 is 0 Å². The largest absolute Gasteiger partial charge is 0.444 e. The predicted octanol–water partition coefficient (Wildman–Crippen LogP) is 0.226. The highest BCUT2D eigenvalue weighted by atomic mass is 16.6. The standard InChI is InChI=1S/C11H17BN2O3/c1-11(2,3)16-10(15)14-5-4-8-7(6-14)9(12)17-13-8/h4-6,12H2,1-3H3. The molecule has 0 spiro atoms. The molecule has 1 amide bonds. The molecule has 0 unspecified atom stereocenters. The number of amides is 1. The van der Waals surface area contributed by atoms with E-state index in [1.165, 1.54) is 0 Å². The van der Waals surface area contributed by atoms with Gasteiger partial charge in [-0.15, -0.1) is 0 Å². The van der Waals surface area contributed by atoms with Crippen molar-refractivity contribution in [1.29, 1.82) is 0 Å². The average Bonchev–Trinajstić information content (AvgIpc) is 2.57. The molecule has 5 nitrogen and oxygen atoms in total. The summed E-state index contributed by atoms with van der Waals surface area (Å²) in [7, 11) is 1.87. The zero-order valence-electron chi connectivity index (χ0n) is 10.7. The molecule has 0 fully saturated rings. The van der Waals surface area contributed by atoms with Crippen molar-refractivity contribution < 1.29 is 14.1 Å². The van der Waals surface area contributed by atoms with Gasteiger partial charge in [-0.2, -0.15) is 0 Å². The number of nitrogens with zero attached hydrogens (tertiary/aromatic N) is 2. The van der Waals surface area contributed by atoms with Gasteiger partial charge in [-0.05, 0) is 20.8 Å². The fourth-order valence-electron chi connectivity index (χ4n) is 1.83. The molecule has 1 aromatic heterocycles. The number of carbonyl (C=O) groups excluding carboxylic acids is 1. The van der Waals surface area contributed by atoms with Gasteiger partial charge in [-0.3, -0.25) is 0 Å². The highest BCUT2D eigenvalue weighted by Gasteiger charge is 2.28. The summed E-state index contributed by atoms with van der Waals surface area (Å²) in [5, 5.41) is 3.97. The van der Waals surface area contributed by atoms with E-state index in [-0.39, 0.29) is 6.09 Å². The van der Waals surface area contributed by atoms with Crippen molar-refractivity contribution in [2.24, 2.45) is 0 Å². The van der Waals surface area contributed by atoms with E-state index in [0.29, 0.717) is 13.1 Å². The molecule has 0 aromatic carbocycles. The van der Waals surface area contributed by atoms with Crippen LogP contribution in [0.1, 0.15) is 32.0 Å². The molecule has 2 rings (SSSR count).